The van der Waals surface area contributed by atoms with Gasteiger partial charge >= 0.3 is 17.9 Å². The Morgan fingerprint density at radius 3 is 2.77 bits per heavy atom. The first-order valence-electron chi connectivity index (χ1n) is 8.45. The van der Waals surface area contributed by atoms with Crippen molar-refractivity contribution in [3.63, 3.8) is 0 Å². The summed E-state index contributed by atoms with van der Waals surface area (Å²) in [7, 11) is 0. The molecule has 1 aliphatic carbocycles. The largest absolute Gasteiger partial charge is 0.461 e. The van der Waals surface area contributed by atoms with Crippen molar-refractivity contribution in [1.29, 1.82) is 0 Å². The Hall–Kier alpha value is -2.41. The number of carbonyl (C=O) groups excluding carboxylic acids is 3. The maximum absolute atomic E-state index is 12.2. The second-order valence-corrected chi connectivity index (χ2v) is 7.19. The van der Waals surface area contributed by atoms with Crippen LogP contribution in [0.25, 0.3) is 0 Å². The smallest absolute Gasteiger partial charge is 0.336 e. The van der Waals surface area contributed by atoms with Crippen LogP contribution in [0.1, 0.15) is 13.3 Å². The molecule has 7 heteroatoms. The van der Waals surface area contributed by atoms with Gasteiger partial charge in [-0.1, -0.05) is 26.2 Å². The summed E-state index contributed by atoms with van der Waals surface area (Å²) in [5.41, 5.74) is -0.589. The van der Waals surface area contributed by atoms with Gasteiger partial charge in [-0.2, -0.15) is 0 Å². The number of cyclic esters (lactones) is 1. The lowest BCUT2D eigenvalue weighted by Crippen LogP contribution is -2.58. The molecule has 2 aliphatic heterocycles. The number of hydrogen-bond donors (Lipinski definition) is 1. The summed E-state index contributed by atoms with van der Waals surface area (Å²) in [6.45, 7) is 12.4. The molecule has 2 heterocycles. The van der Waals surface area contributed by atoms with E-state index in [1.807, 2.05) is 0 Å². The molecule has 140 valence electrons. The Morgan fingerprint density at radius 1 is 1.46 bits per heavy atom. The number of carbonyl (C=O) groups is 3. The minimum Gasteiger partial charge on any atom is -0.461 e. The zero-order valence-corrected chi connectivity index (χ0v) is 14.6. The summed E-state index contributed by atoms with van der Waals surface area (Å²) >= 11 is 0. The van der Waals surface area contributed by atoms with Crippen LogP contribution < -0.4 is 0 Å². The second kappa shape index (κ2) is 6.39. The van der Waals surface area contributed by atoms with Gasteiger partial charge in [0.15, 0.2) is 0 Å². The van der Waals surface area contributed by atoms with Gasteiger partial charge in [0.05, 0.1) is 18.1 Å². The van der Waals surface area contributed by atoms with Crippen LogP contribution in [0.5, 0.6) is 0 Å². The van der Waals surface area contributed by atoms with E-state index in [4.69, 9.17) is 19.3 Å². The van der Waals surface area contributed by atoms with Gasteiger partial charge < -0.3 is 19.3 Å². The summed E-state index contributed by atoms with van der Waals surface area (Å²) in [5, 5.41) is 9.10. The van der Waals surface area contributed by atoms with Gasteiger partial charge in [0.25, 0.3) is 0 Å². The normalized spacial score (nSPS) is 38.5. The standard InChI is InChI=1S/C19H22O7/c1-5-19-6-12(25-16(21)9(2)7-20)13-10(3)18(23)26-15(13)14(19)11(4)17(22)24-8-19/h5,10,12-15,20H,1-2,4,6-8H2,3H3/t10-,12-,13+,14+,15-,19-/m0/s1. The first kappa shape index (κ1) is 18.4. The lowest BCUT2D eigenvalue weighted by molar-refractivity contribution is -0.177. The number of esters is 3. The predicted molar refractivity (Wildman–Crippen MR) is 89.5 cm³/mol. The number of hydrogen-bond acceptors (Lipinski definition) is 7. The molecule has 0 bridgehead atoms. The first-order valence-corrected chi connectivity index (χ1v) is 8.45. The minimum atomic E-state index is -0.748. The van der Waals surface area contributed by atoms with Gasteiger partial charge in [-0.15, -0.1) is 6.58 Å². The predicted octanol–water partition coefficient (Wildman–Crippen LogP) is 0.930. The summed E-state index contributed by atoms with van der Waals surface area (Å²) in [5.74, 6) is -3.07. The molecule has 0 spiro atoms. The van der Waals surface area contributed by atoms with Gasteiger partial charge in [-0.05, 0) is 6.42 Å². The highest BCUT2D eigenvalue weighted by Crippen LogP contribution is 2.56. The van der Waals surface area contributed by atoms with Crippen molar-refractivity contribution < 1.29 is 33.7 Å². The van der Waals surface area contributed by atoms with Crippen LogP contribution in [-0.2, 0) is 28.6 Å². The molecule has 2 saturated heterocycles. The summed E-state index contributed by atoms with van der Waals surface area (Å²) in [6, 6.07) is 0. The third-order valence-electron chi connectivity index (χ3n) is 5.79. The van der Waals surface area contributed by atoms with E-state index in [0.29, 0.717) is 6.42 Å². The van der Waals surface area contributed by atoms with E-state index in [2.05, 4.69) is 19.7 Å². The zero-order valence-electron chi connectivity index (χ0n) is 14.6. The quantitative estimate of drug-likeness (QED) is 0.344. The van der Waals surface area contributed by atoms with Crippen molar-refractivity contribution in [1.82, 2.24) is 0 Å². The summed E-state index contributed by atoms with van der Waals surface area (Å²) < 4.78 is 16.4. The summed E-state index contributed by atoms with van der Waals surface area (Å²) in [6.07, 6.45) is 0.630. The van der Waals surface area contributed by atoms with E-state index >= 15 is 0 Å². The molecule has 0 unspecified atom stereocenters. The maximum Gasteiger partial charge on any atom is 0.336 e. The molecule has 0 aromatic rings. The number of aliphatic hydroxyl groups excluding tert-OH is 1. The van der Waals surface area contributed by atoms with Gasteiger partial charge in [0.2, 0.25) is 0 Å². The fourth-order valence-electron chi connectivity index (χ4n) is 4.34. The average Bonchev–Trinajstić information content (AvgIpc) is 2.92. The number of aliphatic hydroxyl groups is 1. The molecular formula is C19H22O7. The molecule has 0 aromatic carbocycles. The van der Waals surface area contributed by atoms with Crippen LogP contribution in [0, 0.1) is 23.2 Å². The Kier molecular flexibility index (Phi) is 4.52. The average molecular weight is 362 g/mol. The fraction of sp³-hybridized carbons (Fsp3) is 0.526. The van der Waals surface area contributed by atoms with Crippen molar-refractivity contribution in [3.8, 4) is 0 Å². The van der Waals surface area contributed by atoms with Crippen LogP contribution in [0.15, 0.2) is 37.0 Å². The monoisotopic (exact) mass is 362 g/mol. The van der Waals surface area contributed by atoms with E-state index in [1.165, 1.54) is 0 Å². The van der Waals surface area contributed by atoms with E-state index in [-0.39, 0.29) is 17.8 Å². The Bertz CT molecular complexity index is 709. The molecule has 1 saturated carbocycles. The molecule has 26 heavy (non-hydrogen) atoms. The van der Waals surface area contributed by atoms with Crippen LogP contribution in [0.4, 0.5) is 0 Å². The van der Waals surface area contributed by atoms with Crippen molar-refractivity contribution in [2.24, 2.45) is 23.2 Å². The van der Waals surface area contributed by atoms with Crippen LogP contribution in [0.3, 0.4) is 0 Å². The molecule has 7 nitrogen and oxygen atoms in total. The highest BCUT2D eigenvalue weighted by molar-refractivity contribution is 5.90. The molecule has 0 radical (unpaired) electrons. The van der Waals surface area contributed by atoms with E-state index in [0.717, 1.165) is 0 Å². The summed E-state index contributed by atoms with van der Waals surface area (Å²) in [4.78, 5) is 36.4. The Balaban J connectivity index is 2.00. The lowest BCUT2D eigenvalue weighted by atomic mass is 9.57. The SMILES string of the molecule is C=C[C@]12COC(=O)C(=C)[C@@H]1[C@H]1OC(=O)[C@@H](C)[C@@H]1[C@@H](OC(=O)C(=C)CO)C2. The molecule has 6 atom stereocenters. The van der Waals surface area contributed by atoms with E-state index in [1.54, 1.807) is 13.0 Å². The maximum atomic E-state index is 12.2. The van der Waals surface area contributed by atoms with Crippen molar-refractivity contribution in [2.75, 3.05) is 13.2 Å². The minimum absolute atomic E-state index is 0.0448. The molecule has 0 aromatic heterocycles. The molecule has 3 aliphatic rings. The number of rotatable bonds is 4. The van der Waals surface area contributed by atoms with Gasteiger partial charge in [-0.3, -0.25) is 4.79 Å². The second-order valence-electron chi connectivity index (χ2n) is 7.19. The fourth-order valence-corrected chi connectivity index (χ4v) is 4.34. The van der Waals surface area contributed by atoms with Crippen LogP contribution in [0.2, 0.25) is 0 Å². The van der Waals surface area contributed by atoms with Crippen molar-refractivity contribution in [2.45, 2.75) is 25.6 Å². The van der Waals surface area contributed by atoms with E-state index < -0.39 is 59.9 Å². The third kappa shape index (κ3) is 2.58. The van der Waals surface area contributed by atoms with Gasteiger partial charge in [0, 0.05) is 22.8 Å². The number of fused-ring (bicyclic) bond motifs is 3. The Morgan fingerprint density at radius 2 is 2.15 bits per heavy atom. The molecular weight excluding hydrogens is 340 g/mol. The highest BCUT2D eigenvalue weighted by Gasteiger charge is 2.63. The van der Waals surface area contributed by atoms with Crippen LogP contribution in [-0.4, -0.2) is 48.4 Å². The van der Waals surface area contributed by atoms with E-state index in [9.17, 15) is 14.4 Å². The van der Waals surface area contributed by atoms with Crippen LogP contribution >= 0.6 is 0 Å². The molecule has 0 amide bonds. The highest BCUT2D eigenvalue weighted by atomic mass is 16.6. The number of ether oxygens (including phenoxy) is 3. The van der Waals surface area contributed by atoms with Crippen molar-refractivity contribution in [3.05, 3.63) is 37.0 Å². The lowest BCUT2D eigenvalue weighted by Gasteiger charge is -2.51. The van der Waals surface area contributed by atoms with Gasteiger partial charge in [0.1, 0.15) is 18.8 Å². The first-order chi connectivity index (χ1) is 12.3. The third-order valence-corrected chi connectivity index (χ3v) is 5.79. The topological polar surface area (TPSA) is 99.1 Å². The van der Waals surface area contributed by atoms with Crippen molar-refractivity contribution >= 4 is 17.9 Å². The van der Waals surface area contributed by atoms with Gasteiger partial charge in [-0.25, -0.2) is 9.59 Å². The Labute approximate surface area is 151 Å². The molecule has 3 rings (SSSR count). The zero-order chi connectivity index (χ0) is 19.2. The molecule has 3 fully saturated rings. The molecule has 1 N–H and O–H groups in total.